The van der Waals surface area contributed by atoms with Gasteiger partial charge in [-0.3, -0.25) is 38.7 Å². The monoisotopic (exact) mass is 1190 g/mol. The molecule has 0 fully saturated rings. The molecule has 6 amide bonds. The van der Waals surface area contributed by atoms with E-state index in [0.29, 0.717) is 98.5 Å². The first kappa shape index (κ1) is 57.7. The second-order valence-electron chi connectivity index (χ2n) is 23.6. The molecule has 6 heterocycles. The van der Waals surface area contributed by atoms with Crippen LogP contribution in [0.1, 0.15) is 181 Å². The maximum absolute atomic E-state index is 14.6. The van der Waals surface area contributed by atoms with Gasteiger partial charge in [0.05, 0.1) is 73.4 Å². The number of thiophene rings is 2. The number of nitrogens with two attached hydrogens (primary N) is 2. The summed E-state index contributed by atoms with van der Waals surface area (Å²) in [5.41, 5.74) is 22.0. The van der Waals surface area contributed by atoms with Crippen LogP contribution in [0.15, 0.2) is 121 Å². The van der Waals surface area contributed by atoms with Crippen molar-refractivity contribution in [3.05, 3.63) is 221 Å². The Hall–Kier alpha value is -8.74. The lowest BCUT2D eigenvalue weighted by molar-refractivity contribution is 0.0779. The summed E-state index contributed by atoms with van der Waals surface area (Å²) >= 11 is 2.36. The van der Waals surface area contributed by atoms with Crippen molar-refractivity contribution >= 4 is 58.1 Å². The van der Waals surface area contributed by atoms with E-state index in [1.807, 2.05) is 50.2 Å². The smallest absolute Gasteiger partial charge is 0.261 e. The number of primary amides is 2. The Labute approximate surface area is 504 Å². The number of fused-ring (bicyclic) bond motifs is 4. The molecule has 86 heavy (non-hydrogen) atoms. The highest BCUT2D eigenvalue weighted by Crippen LogP contribution is 2.47. The standard InChI is InChI=1S/C68H64F2N8O6S2/c1-35(2)28-49-56(63(71)79)60(61-62(75-49)41(33-73-67(61)83)31-38-14-19-43(70)20-15-38)53-23-25-55(86-53)66(82)77-48-32-40(44-9-6-7-11-46(44)48)29-36(3)30-50-57(64(72)80)59(58-51(74-50)34-78(68(58)84)27-26-37-12-17-42(69)18-13-37)52-22-24-54(85-52)65(81)76-47-21-16-39-8-4-5-10-45(39)47/h4-15,17-20,22-25,35-36,40-41,47-48H,16,21,26-34H2,1-3H3,(H2,71,79)(H2,72,80)(H,73,83)(H,76,81)(H,77,82). The Bertz CT molecular complexity index is 4030. The molecule has 4 aromatic heterocycles. The van der Waals surface area contributed by atoms with Crippen LogP contribution in [-0.4, -0.2) is 63.4 Å². The lowest BCUT2D eigenvalue weighted by Crippen LogP contribution is -2.38. The molecular formula is C68H64F2N8O6S2. The lowest BCUT2D eigenvalue weighted by atomic mass is 9.84. The summed E-state index contributed by atoms with van der Waals surface area (Å²) < 4.78 is 27.8. The van der Waals surface area contributed by atoms with Crippen molar-refractivity contribution in [2.75, 3.05) is 13.1 Å². The molecule has 0 saturated carbocycles. The largest absolute Gasteiger partial charge is 0.366 e. The van der Waals surface area contributed by atoms with Gasteiger partial charge in [-0.15, -0.1) is 22.7 Å². The molecule has 18 heteroatoms. The minimum absolute atomic E-state index is 0.0211. The van der Waals surface area contributed by atoms with Crippen molar-refractivity contribution < 1.29 is 37.5 Å². The van der Waals surface area contributed by atoms with Crippen molar-refractivity contribution in [3.63, 3.8) is 0 Å². The van der Waals surface area contributed by atoms with Crippen molar-refractivity contribution in [1.29, 1.82) is 0 Å². The minimum Gasteiger partial charge on any atom is -0.366 e. The number of nitrogens with zero attached hydrogens (tertiary/aromatic N) is 3. The molecule has 5 atom stereocenters. The fraction of sp³-hybridized carbons (Fsp3) is 0.294. The van der Waals surface area contributed by atoms with Crippen molar-refractivity contribution in [1.82, 2.24) is 30.8 Å². The quantitative estimate of drug-likeness (QED) is 0.0523. The topological polar surface area (TPSA) is 220 Å². The van der Waals surface area contributed by atoms with E-state index in [2.05, 4.69) is 35.0 Å². The Kier molecular flexibility index (Phi) is 16.1. The van der Waals surface area contributed by atoms with Gasteiger partial charge in [0.2, 0.25) is 0 Å². The highest BCUT2D eigenvalue weighted by molar-refractivity contribution is 7.17. The number of hydrogen-bond donors (Lipinski definition) is 5. The van der Waals surface area contributed by atoms with Crippen molar-refractivity contribution in [2.24, 2.45) is 23.3 Å². The average molecular weight is 1190 g/mol. The Morgan fingerprint density at radius 2 is 1.24 bits per heavy atom. The van der Waals surface area contributed by atoms with Crippen molar-refractivity contribution in [3.8, 4) is 20.9 Å². The first-order valence-electron chi connectivity index (χ1n) is 29.2. The SMILES string of the molecule is CC(C)Cc1nc2c(c(-c3ccc(C(=O)NC4CC(CC(C)Cc5nc6c(c(-c7ccc(C(=O)NC8CCc9ccccc98)s7)c5C(N)=O)C(=O)N(CCc5ccc(F)cc5)C6)c5ccccc54)s3)c1C(N)=O)C(=O)NCC2Cc1ccc(F)cc1. The van der Waals surface area contributed by atoms with Crippen LogP contribution in [0.3, 0.4) is 0 Å². The number of carbonyl (C=O) groups excluding carboxylic acids is 6. The molecule has 0 spiro atoms. The molecule has 2 aliphatic carbocycles. The van der Waals surface area contributed by atoms with Crippen molar-refractivity contribution in [2.45, 2.75) is 103 Å². The number of hydrogen-bond acceptors (Lipinski definition) is 10. The summed E-state index contributed by atoms with van der Waals surface area (Å²) in [6.07, 6.45) is 4.49. The van der Waals surface area contributed by atoms with E-state index in [1.54, 1.807) is 53.4 Å². The summed E-state index contributed by atoms with van der Waals surface area (Å²) in [5.74, 6) is -3.83. The molecule has 4 aromatic carbocycles. The van der Waals surface area contributed by atoms with Gasteiger partial charge >= 0.3 is 0 Å². The summed E-state index contributed by atoms with van der Waals surface area (Å²) in [5, 5.41) is 9.50. The summed E-state index contributed by atoms with van der Waals surface area (Å²) in [7, 11) is 0. The number of nitrogens with one attached hydrogen (secondary N) is 3. The number of amides is 6. The molecule has 5 unspecified atom stereocenters. The molecule has 4 aliphatic rings. The van der Waals surface area contributed by atoms with E-state index in [1.165, 1.54) is 41.2 Å². The normalized spacial score (nSPS) is 17.9. The molecule has 0 saturated heterocycles. The predicted molar refractivity (Wildman–Crippen MR) is 327 cm³/mol. The summed E-state index contributed by atoms with van der Waals surface area (Å²) in [6, 6.07) is 34.9. The minimum atomic E-state index is -0.747. The van der Waals surface area contributed by atoms with Crippen LogP contribution in [0.5, 0.6) is 0 Å². The predicted octanol–water partition coefficient (Wildman–Crippen LogP) is 11.5. The second kappa shape index (κ2) is 24.0. The van der Waals surface area contributed by atoms with Gasteiger partial charge in [0.1, 0.15) is 11.6 Å². The summed E-state index contributed by atoms with van der Waals surface area (Å²) in [4.78, 5) is 98.3. The Morgan fingerprint density at radius 3 is 1.88 bits per heavy atom. The van der Waals surface area contributed by atoms with Crippen LogP contribution in [0, 0.1) is 23.5 Å². The van der Waals surface area contributed by atoms with E-state index in [-0.39, 0.29) is 100 Å². The molecule has 14 nitrogen and oxygen atoms in total. The Balaban J connectivity index is 0.807. The molecule has 0 bridgehead atoms. The number of aromatic nitrogens is 2. The Morgan fingerprint density at radius 1 is 0.663 bits per heavy atom. The molecule has 438 valence electrons. The van der Waals surface area contributed by atoms with Crippen LogP contribution in [0.2, 0.25) is 0 Å². The second-order valence-corrected chi connectivity index (χ2v) is 25.8. The van der Waals surface area contributed by atoms with Gasteiger partial charge in [0.15, 0.2) is 0 Å². The van der Waals surface area contributed by atoms with E-state index < -0.39 is 17.7 Å². The zero-order valence-corrected chi connectivity index (χ0v) is 49.4. The number of benzene rings is 4. The van der Waals surface area contributed by atoms with Crippen LogP contribution in [0.25, 0.3) is 20.9 Å². The highest BCUT2D eigenvalue weighted by Gasteiger charge is 2.40. The molecule has 8 aromatic rings. The fourth-order valence-electron chi connectivity index (χ4n) is 13.3. The fourth-order valence-corrected chi connectivity index (χ4v) is 15.2. The number of aryl methyl sites for hydroxylation is 1. The number of carbonyl (C=O) groups is 6. The number of pyridine rings is 2. The van der Waals surface area contributed by atoms with E-state index in [9.17, 15) is 37.5 Å². The molecular weight excluding hydrogens is 1130 g/mol. The van der Waals surface area contributed by atoms with E-state index >= 15 is 0 Å². The van der Waals surface area contributed by atoms with Gasteiger partial charge in [-0.1, -0.05) is 93.6 Å². The molecule has 0 radical (unpaired) electrons. The number of halogens is 2. The third-order valence-corrected chi connectivity index (χ3v) is 19.3. The third kappa shape index (κ3) is 11.5. The molecule has 12 rings (SSSR count). The maximum atomic E-state index is 14.6. The molecule has 7 N–H and O–H groups in total. The molecule has 2 aliphatic heterocycles. The average Bonchev–Trinajstić information content (AvgIpc) is 2.60. The highest BCUT2D eigenvalue weighted by atomic mass is 32.1. The lowest BCUT2D eigenvalue weighted by Gasteiger charge is -2.29. The maximum Gasteiger partial charge on any atom is 0.261 e. The third-order valence-electron chi connectivity index (χ3n) is 17.1. The number of rotatable bonds is 19. The first-order valence-corrected chi connectivity index (χ1v) is 30.9. The van der Waals surface area contributed by atoms with Crippen LogP contribution in [-0.2, 0) is 38.6 Å². The van der Waals surface area contributed by atoms with E-state index in [0.717, 1.165) is 52.0 Å². The van der Waals surface area contributed by atoms with Crippen LogP contribution >= 0.6 is 22.7 Å². The summed E-state index contributed by atoms with van der Waals surface area (Å²) in [6.45, 7) is 6.88. The van der Waals surface area contributed by atoms with Gasteiger partial charge < -0.3 is 32.3 Å². The zero-order chi connectivity index (χ0) is 60.1. The van der Waals surface area contributed by atoms with Gasteiger partial charge in [-0.2, -0.15) is 0 Å². The van der Waals surface area contributed by atoms with Crippen LogP contribution in [0.4, 0.5) is 8.78 Å². The van der Waals surface area contributed by atoms with Gasteiger partial charge in [0, 0.05) is 39.9 Å². The zero-order valence-electron chi connectivity index (χ0n) is 47.8. The van der Waals surface area contributed by atoms with Gasteiger partial charge in [-0.25, -0.2) is 8.78 Å². The van der Waals surface area contributed by atoms with Crippen LogP contribution < -0.4 is 27.4 Å². The van der Waals surface area contributed by atoms with Gasteiger partial charge in [-0.05, 0) is 151 Å². The van der Waals surface area contributed by atoms with E-state index in [4.69, 9.17) is 21.4 Å². The van der Waals surface area contributed by atoms with Gasteiger partial charge in [0.25, 0.3) is 35.4 Å². The first-order chi connectivity index (χ1) is 41.5.